The van der Waals surface area contributed by atoms with Crippen LogP contribution in [-0.2, 0) is 9.59 Å². The second-order valence-electron chi connectivity index (χ2n) is 6.17. The summed E-state index contributed by atoms with van der Waals surface area (Å²) in [4.78, 5) is 23.2. The molecule has 1 fully saturated rings. The van der Waals surface area contributed by atoms with Gasteiger partial charge in [-0.3, -0.25) is 9.59 Å². The van der Waals surface area contributed by atoms with Crippen LogP contribution in [0.2, 0.25) is 15.2 Å². The molecule has 4 rings (SSSR count). The summed E-state index contributed by atoms with van der Waals surface area (Å²) in [7, 11) is 0. The molecule has 1 aliphatic carbocycles. The molecule has 1 saturated carbocycles. The van der Waals surface area contributed by atoms with Gasteiger partial charge in [0.25, 0.3) is 0 Å². The van der Waals surface area contributed by atoms with Gasteiger partial charge in [-0.15, -0.1) is 10.2 Å². The number of hydrogen-bond donors (Lipinski definition) is 1. The molecule has 2 aromatic rings. The van der Waals surface area contributed by atoms with Crippen LogP contribution in [0.15, 0.2) is 23.3 Å². The highest BCUT2D eigenvalue weighted by Crippen LogP contribution is 2.44. The van der Waals surface area contributed by atoms with E-state index in [0.29, 0.717) is 16.6 Å². The monoisotopic (exact) mass is 424 g/mol. The lowest BCUT2D eigenvalue weighted by Crippen LogP contribution is -2.33. The average molecular weight is 426 g/mol. The number of Topliss-reactive ketones (excluding diaryl/α,β-unsaturated/α-hetero) is 1. The number of amides is 1. The van der Waals surface area contributed by atoms with Crippen LogP contribution in [0.25, 0.3) is 0 Å². The van der Waals surface area contributed by atoms with Crippen molar-refractivity contribution in [3.05, 3.63) is 44.5 Å². The Kier molecular flexibility index (Phi) is 4.75. The van der Waals surface area contributed by atoms with Crippen LogP contribution >= 0.6 is 34.8 Å². The van der Waals surface area contributed by atoms with Gasteiger partial charge in [0.05, 0.1) is 16.5 Å². The number of nitrogens with one attached hydrogen (secondary N) is 1. The Hall–Kier alpha value is -2.22. The maximum absolute atomic E-state index is 12.0. The van der Waals surface area contributed by atoms with Gasteiger partial charge in [0, 0.05) is 11.6 Å². The molecule has 1 aromatic heterocycles. The van der Waals surface area contributed by atoms with Gasteiger partial charge in [-0.1, -0.05) is 34.8 Å². The molecular weight excluding hydrogens is 415 g/mol. The minimum absolute atomic E-state index is 0.0762. The fourth-order valence-electron chi connectivity index (χ4n) is 2.68. The SMILES string of the molecule is O=C1CC(=O)C(c2cc(Cl)c(Oc3cc(C4CC4)c(Cl)nn3)c(Cl)c2)=NN1. The van der Waals surface area contributed by atoms with Crippen molar-refractivity contribution in [2.45, 2.75) is 25.2 Å². The summed E-state index contributed by atoms with van der Waals surface area (Å²) in [6.45, 7) is 0. The standard InChI is InChI=1S/C17H11Cl3N4O3/c18-10-3-8(15-12(25)6-13(26)21-23-15)4-11(19)16(10)27-14-5-9(7-1-2-7)17(20)24-22-14/h3-5,7H,1-2,6H2,(H,21,26). The number of rotatable bonds is 4. The fraction of sp³-hybridized carbons (Fsp3) is 0.235. The van der Waals surface area contributed by atoms with Crippen molar-refractivity contribution in [2.75, 3.05) is 0 Å². The highest BCUT2D eigenvalue weighted by atomic mass is 35.5. The summed E-state index contributed by atoms with van der Waals surface area (Å²) < 4.78 is 5.71. The maximum Gasteiger partial charge on any atom is 0.247 e. The summed E-state index contributed by atoms with van der Waals surface area (Å²) in [5.41, 5.74) is 3.59. The van der Waals surface area contributed by atoms with Crippen LogP contribution in [0.4, 0.5) is 0 Å². The molecule has 1 amide bonds. The van der Waals surface area contributed by atoms with E-state index in [1.807, 2.05) is 0 Å². The predicted octanol–water partition coefficient (Wildman–Crippen LogP) is 3.90. The van der Waals surface area contributed by atoms with Gasteiger partial charge < -0.3 is 4.74 Å². The normalized spacial score (nSPS) is 16.8. The third kappa shape index (κ3) is 3.76. The summed E-state index contributed by atoms with van der Waals surface area (Å²) in [5.74, 6) is -0.121. The van der Waals surface area contributed by atoms with Crippen molar-refractivity contribution in [3.63, 3.8) is 0 Å². The van der Waals surface area contributed by atoms with Crippen LogP contribution in [0.5, 0.6) is 11.6 Å². The molecule has 10 heteroatoms. The lowest BCUT2D eigenvalue weighted by Gasteiger charge is -2.14. The molecule has 7 nitrogen and oxygen atoms in total. The maximum atomic E-state index is 12.0. The molecule has 1 N–H and O–H groups in total. The third-order valence-electron chi connectivity index (χ3n) is 4.13. The minimum atomic E-state index is -0.464. The van der Waals surface area contributed by atoms with Gasteiger partial charge in [0.2, 0.25) is 11.8 Å². The molecule has 1 aromatic carbocycles. The van der Waals surface area contributed by atoms with Gasteiger partial charge in [-0.25, -0.2) is 5.43 Å². The zero-order valence-electron chi connectivity index (χ0n) is 13.6. The van der Waals surface area contributed by atoms with E-state index in [1.54, 1.807) is 6.07 Å². The molecule has 138 valence electrons. The smallest absolute Gasteiger partial charge is 0.247 e. The van der Waals surface area contributed by atoms with E-state index in [0.717, 1.165) is 18.4 Å². The number of nitrogens with zero attached hydrogens (tertiary/aromatic N) is 3. The molecule has 2 aliphatic rings. The number of carbonyl (C=O) groups excluding carboxylic acids is 2. The zero-order chi connectivity index (χ0) is 19.1. The first kappa shape index (κ1) is 18.2. The molecule has 0 bridgehead atoms. The number of halogens is 3. The molecule has 0 radical (unpaired) electrons. The first-order chi connectivity index (χ1) is 12.9. The minimum Gasteiger partial charge on any atom is -0.434 e. The van der Waals surface area contributed by atoms with Crippen molar-refractivity contribution in [1.29, 1.82) is 0 Å². The van der Waals surface area contributed by atoms with Crippen LogP contribution in [0, 0.1) is 0 Å². The second kappa shape index (κ2) is 7.07. The molecular formula is C17H11Cl3N4O3. The van der Waals surface area contributed by atoms with Crippen LogP contribution in [-0.4, -0.2) is 27.6 Å². The van der Waals surface area contributed by atoms with Gasteiger partial charge >= 0.3 is 0 Å². The number of aromatic nitrogens is 2. The Balaban J connectivity index is 1.64. The lowest BCUT2D eigenvalue weighted by atomic mass is 10.0. The van der Waals surface area contributed by atoms with E-state index in [1.165, 1.54) is 12.1 Å². The van der Waals surface area contributed by atoms with E-state index in [4.69, 9.17) is 39.5 Å². The highest BCUT2D eigenvalue weighted by Gasteiger charge is 2.28. The zero-order valence-corrected chi connectivity index (χ0v) is 15.9. The van der Waals surface area contributed by atoms with Crippen LogP contribution in [0.3, 0.4) is 0 Å². The molecule has 2 heterocycles. The summed E-state index contributed by atoms with van der Waals surface area (Å²) in [5, 5.41) is 12.3. The molecule has 0 spiro atoms. The number of ketones is 1. The predicted molar refractivity (Wildman–Crippen MR) is 99.9 cm³/mol. The van der Waals surface area contributed by atoms with E-state index < -0.39 is 11.7 Å². The van der Waals surface area contributed by atoms with E-state index in [-0.39, 0.29) is 33.8 Å². The van der Waals surface area contributed by atoms with Gasteiger partial charge in [-0.2, -0.15) is 5.10 Å². The molecule has 27 heavy (non-hydrogen) atoms. The Labute approximate surface area is 168 Å². The number of carbonyl (C=O) groups is 2. The lowest BCUT2D eigenvalue weighted by molar-refractivity contribution is -0.126. The molecule has 1 aliphatic heterocycles. The van der Waals surface area contributed by atoms with E-state index >= 15 is 0 Å². The van der Waals surface area contributed by atoms with Crippen LogP contribution in [0.1, 0.15) is 36.3 Å². The molecule has 0 unspecified atom stereocenters. The number of hydrogen-bond acceptors (Lipinski definition) is 6. The Bertz CT molecular complexity index is 982. The van der Waals surface area contributed by atoms with Crippen molar-refractivity contribution >= 4 is 52.2 Å². The van der Waals surface area contributed by atoms with Crippen molar-refractivity contribution in [1.82, 2.24) is 15.6 Å². The van der Waals surface area contributed by atoms with Crippen molar-refractivity contribution < 1.29 is 14.3 Å². The molecule has 0 atom stereocenters. The van der Waals surface area contributed by atoms with E-state index in [9.17, 15) is 9.59 Å². The van der Waals surface area contributed by atoms with Gasteiger partial charge in [-0.05, 0) is 36.5 Å². The first-order valence-electron chi connectivity index (χ1n) is 8.02. The third-order valence-corrected chi connectivity index (χ3v) is 4.98. The Morgan fingerprint density at radius 3 is 2.37 bits per heavy atom. The summed E-state index contributed by atoms with van der Waals surface area (Å²) in [6, 6.07) is 4.70. The number of ether oxygens (including phenoxy) is 1. The highest BCUT2D eigenvalue weighted by molar-refractivity contribution is 6.50. The van der Waals surface area contributed by atoms with Crippen molar-refractivity contribution in [2.24, 2.45) is 5.10 Å². The van der Waals surface area contributed by atoms with Crippen LogP contribution < -0.4 is 10.2 Å². The largest absolute Gasteiger partial charge is 0.434 e. The molecule has 0 saturated heterocycles. The fourth-order valence-corrected chi connectivity index (χ4v) is 3.49. The van der Waals surface area contributed by atoms with Gasteiger partial charge in [0.1, 0.15) is 5.71 Å². The quantitative estimate of drug-likeness (QED) is 0.750. The first-order valence-corrected chi connectivity index (χ1v) is 9.16. The Morgan fingerprint density at radius 1 is 1.04 bits per heavy atom. The Morgan fingerprint density at radius 2 is 1.74 bits per heavy atom. The topological polar surface area (TPSA) is 93.5 Å². The number of benzene rings is 1. The summed E-state index contributed by atoms with van der Waals surface area (Å²) >= 11 is 18.6. The van der Waals surface area contributed by atoms with Gasteiger partial charge in [0.15, 0.2) is 16.7 Å². The second-order valence-corrected chi connectivity index (χ2v) is 7.34. The van der Waals surface area contributed by atoms with Crippen molar-refractivity contribution in [3.8, 4) is 11.6 Å². The van der Waals surface area contributed by atoms with E-state index in [2.05, 4.69) is 20.7 Å². The average Bonchev–Trinajstić information content (AvgIpc) is 3.44. The summed E-state index contributed by atoms with van der Waals surface area (Å²) in [6.07, 6.45) is 1.82. The number of hydrazone groups is 1.